The van der Waals surface area contributed by atoms with Gasteiger partial charge >= 0.3 is 0 Å². The predicted octanol–water partition coefficient (Wildman–Crippen LogP) is 2.63. The lowest BCUT2D eigenvalue weighted by atomic mass is 9.94. The largest absolute Gasteiger partial charge is 0.465 e. The van der Waals surface area contributed by atoms with Gasteiger partial charge in [-0.05, 0) is 30.3 Å². The summed E-state index contributed by atoms with van der Waals surface area (Å²) in [6.45, 7) is 2.20. The molecular weight excluding hydrogens is 330 g/mol. The van der Waals surface area contributed by atoms with Gasteiger partial charge in [0.05, 0.1) is 18.8 Å². The zero-order valence-electron chi connectivity index (χ0n) is 13.4. The van der Waals surface area contributed by atoms with Crippen LogP contribution in [0.3, 0.4) is 0 Å². The summed E-state index contributed by atoms with van der Waals surface area (Å²) in [5.74, 6) is -1.59. The molecule has 2 atom stereocenters. The van der Waals surface area contributed by atoms with Gasteiger partial charge < -0.3 is 15.8 Å². The van der Waals surface area contributed by atoms with Gasteiger partial charge in [-0.15, -0.1) is 0 Å². The molecule has 1 aliphatic rings. The number of benzene rings is 1. The lowest BCUT2D eigenvalue weighted by Crippen LogP contribution is -2.29. The summed E-state index contributed by atoms with van der Waals surface area (Å²) in [6, 6.07) is 6.08. The summed E-state index contributed by atoms with van der Waals surface area (Å²) in [5, 5.41) is 2.61. The van der Waals surface area contributed by atoms with Crippen molar-refractivity contribution in [3.05, 3.63) is 59.4 Å². The van der Waals surface area contributed by atoms with E-state index in [1.807, 2.05) is 6.92 Å². The highest BCUT2D eigenvalue weighted by Gasteiger charge is 2.27. The molecule has 130 valence electrons. The Hall–Kier alpha value is -3.03. The molecule has 0 fully saturated rings. The van der Waals surface area contributed by atoms with Crippen LogP contribution >= 0.6 is 0 Å². The molecule has 0 aliphatic carbocycles. The molecular formula is C17H16F2N4O2. The minimum Gasteiger partial charge on any atom is -0.465 e. The van der Waals surface area contributed by atoms with E-state index in [0.717, 1.165) is 12.3 Å². The number of anilines is 1. The molecule has 0 saturated heterocycles. The molecule has 1 aromatic carbocycles. The molecule has 3 rings (SSSR count). The summed E-state index contributed by atoms with van der Waals surface area (Å²) in [4.78, 5) is 20.0. The van der Waals surface area contributed by atoms with Gasteiger partial charge in [0, 0.05) is 17.2 Å². The average molecular weight is 346 g/mol. The molecule has 1 aliphatic heterocycles. The summed E-state index contributed by atoms with van der Waals surface area (Å²) in [7, 11) is 0. The number of carbonyl (C=O) groups excluding carboxylic acids is 1. The van der Waals surface area contributed by atoms with Crippen LogP contribution in [-0.2, 0) is 4.74 Å². The fourth-order valence-corrected chi connectivity index (χ4v) is 2.54. The zero-order chi connectivity index (χ0) is 18.0. The normalized spacial score (nSPS) is 19.7. The van der Waals surface area contributed by atoms with Crippen molar-refractivity contribution >= 4 is 17.6 Å². The van der Waals surface area contributed by atoms with Crippen molar-refractivity contribution in [3.8, 4) is 0 Å². The second kappa shape index (κ2) is 6.84. The number of nitrogens with one attached hydrogen (secondary N) is 1. The molecule has 2 aromatic rings. The van der Waals surface area contributed by atoms with Gasteiger partial charge in [0.25, 0.3) is 11.9 Å². The van der Waals surface area contributed by atoms with Crippen molar-refractivity contribution in [1.82, 2.24) is 4.98 Å². The second-order valence-electron chi connectivity index (χ2n) is 5.75. The molecule has 2 heterocycles. The van der Waals surface area contributed by atoms with E-state index in [-0.39, 0.29) is 17.6 Å². The van der Waals surface area contributed by atoms with E-state index in [4.69, 9.17) is 10.5 Å². The number of aromatic nitrogens is 1. The summed E-state index contributed by atoms with van der Waals surface area (Å²) < 4.78 is 32.3. The molecule has 3 N–H and O–H groups in total. The van der Waals surface area contributed by atoms with Gasteiger partial charge in [0.1, 0.15) is 17.3 Å². The van der Waals surface area contributed by atoms with E-state index in [0.29, 0.717) is 17.9 Å². The van der Waals surface area contributed by atoms with Crippen LogP contribution in [0.2, 0.25) is 0 Å². The molecule has 25 heavy (non-hydrogen) atoms. The number of rotatable bonds is 3. The third-order valence-electron chi connectivity index (χ3n) is 3.83. The first kappa shape index (κ1) is 16.8. The molecule has 0 radical (unpaired) electrons. The molecule has 0 spiro atoms. The molecule has 2 unspecified atom stereocenters. The highest BCUT2D eigenvalue weighted by molar-refractivity contribution is 6.02. The van der Waals surface area contributed by atoms with Crippen LogP contribution in [0, 0.1) is 17.6 Å². The zero-order valence-corrected chi connectivity index (χ0v) is 13.4. The lowest BCUT2D eigenvalue weighted by molar-refractivity contribution is 0.102. The summed E-state index contributed by atoms with van der Waals surface area (Å²) in [6.07, 6.45) is 0.951. The van der Waals surface area contributed by atoms with Gasteiger partial charge in [-0.1, -0.05) is 6.92 Å². The number of amidine groups is 1. The van der Waals surface area contributed by atoms with E-state index < -0.39 is 23.6 Å². The number of hydrogen-bond acceptors (Lipinski definition) is 5. The number of carbonyl (C=O) groups is 1. The first-order chi connectivity index (χ1) is 11.9. The summed E-state index contributed by atoms with van der Waals surface area (Å²) >= 11 is 0. The van der Waals surface area contributed by atoms with E-state index in [2.05, 4.69) is 15.3 Å². The SMILES string of the molecule is CC1COC(N)=NC1c1cc(NC(=O)c2ccc(F)cn2)ccc1F. The molecule has 1 amide bonds. The summed E-state index contributed by atoms with van der Waals surface area (Å²) in [5.41, 5.74) is 6.31. The second-order valence-corrected chi connectivity index (χ2v) is 5.75. The van der Waals surface area contributed by atoms with Crippen LogP contribution in [0.1, 0.15) is 29.0 Å². The number of nitrogens with two attached hydrogens (primary N) is 1. The maximum atomic E-state index is 14.2. The van der Waals surface area contributed by atoms with Gasteiger partial charge in [-0.25, -0.2) is 18.8 Å². The number of amides is 1. The van der Waals surface area contributed by atoms with E-state index in [1.165, 1.54) is 24.3 Å². The Morgan fingerprint density at radius 3 is 2.84 bits per heavy atom. The quantitative estimate of drug-likeness (QED) is 0.894. The fraction of sp³-hybridized carbons (Fsp3) is 0.235. The lowest BCUT2D eigenvalue weighted by Gasteiger charge is -2.26. The van der Waals surface area contributed by atoms with Crippen molar-refractivity contribution in [3.63, 3.8) is 0 Å². The Morgan fingerprint density at radius 2 is 2.12 bits per heavy atom. The smallest absolute Gasteiger partial charge is 0.282 e. The van der Waals surface area contributed by atoms with Gasteiger partial charge in [0.2, 0.25) is 0 Å². The van der Waals surface area contributed by atoms with Crippen molar-refractivity contribution in [2.45, 2.75) is 13.0 Å². The van der Waals surface area contributed by atoms with Gasteiger partial charge in [-0.3, -0.25) is 4.79 Å². The number of ether oxygens (including phenoxy) is 1. The topological polar surface area (TPSA) is 89.6 Å². The monoisotopic (exact) mass is 346 g/mol. The first-order valence-corrected chi connectivity index (χ1v) is 7.62. The Morgan fingerprint density at radius 1 is 1.32 bits per heavy atom. The molecule has 0 bridgehead atoms. The number of pyridine rings is 1. The highest BCUT2D eigenvalue weighted by Crippen LogP contribution is 2.32. The van der Waals surface area contributed by atoms with Crippen molar-refractivity contribution in [2.75, 3.05) is 11.9 Å². The standard InChI is InChI=1S/C17H16F2N4O2/c1-9-8-25-17(20)23-15(9)12-6-11(3-4-13(12)19)22-16(24)14-5-2-10(18)7-21-14/h2-7,9,15H,8H2,1H3,(H2,20,23)(H,22,24). The Kier molecular flexibility index (Phi) is 4.60. The Bertz CT molecular complexity index is 824. The predicted molar refractivity (Wildman–Crippen MR) is 88.0 cm³/mol. The molecule has 1 aromatic heterocycles. The fourth-order valence-electron chi connectivity index (χ4n) is 2.54. The van der Waals surface area contributed by atoms with Crippen molar-refractivity contribution in [1.29, 1.82) is 0 Å². The average Bonchev–Trinajstić information content (AvgIpc) is 2.59. The molecule has 6 nitrogen and oxygen atoms in total. The van der Waals surface area contributed by atoms with E-state index in [1.54, 1.807) is 0 Å². The maximum absolute atomic E-state index is 14.2. The number of halogens is 2. The maximum Gasteiger partial charge on any atom is 0.282 e. The van der Waals surface area contributed by atoms with Gasteiger partial charge in [-0.2, -0.15) is 0 Å². The Balaban J connectivity index is 1.85. The van der Waals surface area contributed by atoms with E-state index in [9.17, 15) is 13.6 Å². The van der Waals surface area contributed by atoms with Crippen LogP contribution in [0.25, 0.3) is 0 Å². The molecule has 0 saturated carbocycles. The third-order valence-corrected chi connectivity index (χ3v) is 3.83. The van der Waals surface area contributed by atoms with Crippen LogP contribution in [0.5, 0.6) is 0 Å². The van der Waals surface area contributed by atoms with Crippen molar-refractivity contribution < 1.29 is 18.3 Å². The molecule has 8 heteroatoms. The van der Waals surface area contributed by atoms with Crippen LogP contribution in [-0.4, -0.2) is 23.5 Å². The number of hydrogen-bond donors (Lipinski definition) is 2. The van der Waals surface area contributed by atoms with E-state index >= 15 is 0 Å². The highest BCUT2D eigenvalue weighted by atomic mass is 19.1. The third kappa shape index (κ3) is 3.73. The number of nitrogens with zero attached hydrogens (tertiary/aromatic N) is 2. The van der Waals surface area contributed by atoms with Crippen LogP contribution in [0.4, 0.5) is 14.5 Å². The first-order valence-electron chi connectivity index (χ1n) is 7.62. The Labute approximate surface area is 142 Å². The van der Waals surface area contributed by atoms with Gasteiger partial charge in [0.15, 0.2) is 0 Å². The number of aliphatic imine (C=N–C) groups is 1. The minimum atomic E-state index is -0.537. The minimum absolute atomic E-state index is 0.00690. The van der Waals surface area contributed by atoms with Crippen LogP contribution in [0.15, 0.2) is 41.5 Å². The van der Waals surface area contributed by atoms with Crippen LogP contribution < -0.4 is 11.1 Å². The van der Waals surface area contributed by atoms with Crippen molar-refractivity contribution in [2.24, 2.45) is 16.6 Å².